The van der Waals surface area contributed by atoms with Crippen molar-refractivity contribution in [1.82, 2.24) is 5.32 Å². The molecular weight excluding hydrogens is 356 g/mol. The zero-order valence-corrected chi connectivity index (χ0v) is 15.7. The topological polar surface area (TPSA) is 113 Å². The standard InChI is InChI=1S/C18H20N2O5S/c1-10-7-14(18(22)23)9-16(12(10)3)26(24,25)20-15-6-5-13(8-11(15)2)17(21)19-4/h5-9,20H,1-4H3,(H,19,21)(H,22,23). The molecule has 138 valence electrons. The summed E-state index contributed by atoms with van der Waals surface area (Å²) in [5.41, 5.74) is 2.24. The van der Waals surface area contributed by atoms with Crippen LogP contribution in [-0.4, -0.2) is 32.4 Å². The van der Waals surface area contributed by atoms with Crippen molar-refractivity contribution in [2.24, 2.45) is 0 Å². The van der Waals surface area contributed by atoms with Crippen molar-refractivity contribution < 1.29 is 23.1 Å². The molecule has 1 amide bonds. The average Bonchev–Trinajstić information content (AvgIpc) is 2.57. The van der Waals surface area contributed by atoms with E-state index in [1.807, 2.05) is 0 Å². The highest BCUT2D eigenvalue weighted by molar-refractivity contribution is 7.92. The van der Waals surface area contributed by atoms with E-state index in [1.54, 1.807) is 26.8 Å². The summed E-state index contributed by atoms with van der Waals surface area (Å²) >= 11 is 0. The lowest BCUT2D eigenvalue weighted by Gasteiger charge is -2.15. The molecule has 3 N–H and O–H groups in total. The van der Waals surface area contributed by atoms with Gasteiger partial charge >= 0.3 is 5.97 Å². The molecule has 0 fully saturated rings. The normalized spacial score (nSPS) is 11.1. The van der Waals surface area contributed by atoms with Gasteiger partial charge in [-0.05, 0) is 67.8 Å². The summed E-state index contributed by atoms with van der Waals surface area (Å²) in [6.07, 6.45) is 0. The third kappa shape index (κ3) is 3.85. The molecule has 0 aliphatic rings. The summed E-state index contributed by atoms with van der Waals surface area (Å²) in [4.78, 5) is 22.8. The molecule has 0 aliphatic heterocycles. The molecule has 0 atom stereocenters. The number of sulfonamides is 1. The van der Waals surface area contributed by atoms with Crippen LogP contribution in [0.15, 0.2) is 35.2 Å². The van der Waals surface area contributed by atoms with Crippen molar-refractivity contribution in [3.63, 3.8) is 0 Å². The molecule has 0 bridgehead atoms. The van der Waals surface area contributed by atoms with Crippen molar-refractivity contribution in [1.29, 1.82) is 0 Å². The number of aromatic carboxylic acids is 1. The maximum Gasteiger partial charge on any atom is 0.335 e. The highest BCUT2D eigenvalue weighted by atomic mass is 32.2. The molecule has 2 aromatic rings. The number of hydrogen-bond acceptors (Lipinski definition) is 4. The number of carboxylic acids is 1. The molecule has 26 heavy (non-hydrogen) atoms. The van der Waals surface area contributed by atoms with E-state index in [0.717, 1.165) is 6.07 Å². The Morgan fingerprint density at radius 1 is 0.962 bits per heavy atom. The fourth-order valence-corrected chi connectivity index (χ4v) is 3.97. The summed E-state index contributed by atoms with van der Waals surface area (Å²) in [5.74, 6) is -1.47. The predicted molar refractivity (Wildman–Crippen MR) is 98.3 cm³/mol. The van der Waals surface area contributed by atoms with Crippen molar-refractivity contribution in [2.45, 2.75) is 25.7 Å². The quantitative estimate of drug-likeness (QED) is 0.742. The van der Waals surface area contributed by atoms with Crippen LogP contribution in [0.1, 0.15) is 37.4 Å². The van der Waals surface area contributed by atoms with E-state index in [0.29, 0.717) is 27.9 Å². The first kappa shape index (κ1) is 19.5. The second-order valence-corrected chi connectivity index (χ2v) is 7.59. The molecule has 0 saturated heterocycles. The van der Waals surface area contributed by atoms with Crippen molar-refractivity contribution in [3.8, 4) is 0 Å². The SMILES string of the molecule is CNC(=O)c1ccc(NS(=O)(=O)c2cc(C(=O)O)cc(C)c2C)c(C)c1. The molecule has 0 radical (unpaired) electrons. The number of carbonyl (C=O) groups excluding carboxylic acids is 1. The highest BCUT2D eigenvalue weighted by Crippen LogP contribution is 2.25. The Labute approximate surface area is 152 Å². The maximum absolute atomic E-state index is 12.8. The van der Waals surface area contributed by atoms with E-state index in [4.69, 9.17) is 0 Å². The van der Waals surface area contributed by atoms with E-state index >= 15 is 0 Å². The largest absolute Gasteiger partial charge is 0.478 e. The Kier molecular flexibility index (Phi) is 5.36. The Morgan fingerprint density at radius 2 is 1.58 bits per heavy atom. The van der Waals surface area contributed by atoms with Gasteiger partial charge in [-0.2, -0.15) is 0 Å². The van der Waals surface area contributed by atoms with Crippen LogP contribution in [0.2, 0.25) is 0 Å². The summed E-state index contributed by atoms with van der Waals surface area (Å²) in [7, 11) is -2.49. The predicted octanol–water partition coefficient (Wildman–Crippen LogP) is 2.47. The minimum absolute atomic E-state index is 0.0929. The zero-order chi connectivity index (χ0) is 19.6. The second-order valence-electron chi connectivity index (χ2n) is 5.94. The number of carbonyl (C=O) groups is 2. The first-order chi connectivity index (χ1) is 12.1. The van der Waals surface area contributed by atoms with E-state index in [9.17, 15) is 23.1 Å². The molecule has 2 aromatic carbocycles. The molecule has 0 spiro atoms. The van der Waals surface area contributed by atoms with Crippen LogP contribution in [0, 0.1) is 20.8 Å². The van der Waals surface area contributed by atoms with Crippen LogP contribution >= 0.6 is 0 Å². The number of hydrogen-bond donors (Lipinski definition) is 3. The van der Waals surface area contributed by atoms with Gasteiger partial charge in [0.1, 0.15) is 0 Å². The first-order valence-corrected chi connectivity index (χ1v) is 9.25. The van der Waals surface area contributed by atoms with Crippen LogP contribution in [-0.2, 0) is 10.0 Å². The van der Waals surface area contributed by atoms with Gasteiger partial charge in [-0.3, -0.25) is 9.52 Å². The molecule has 0 aliphatic carbocycles. The van der Waals surface area contributed by atoms with Crippen molar-refractivity contribution in [2.75, 3.05) is 11.8 Å². The fourth-order valence-electron chi connectivity index (χ4n) is 2.49. The van der Waals surface area contributed by atoms with Crippen LogP contribution < -0.4 is 10.0 Å². The monoisotopic (exact) mass is 376 g/mol. The number of rotatable bonds is 5. The molecule has 0 saturated carbocycles. The fraction of sp³-hybridized carbons (Fsp3) is 0.222. The maximum atomic E-state index is 12.8. The van der Waals surface area contributed by atoms with Gasteiger partial charge in [0.05, 0.1) is 16.1 Å². The third-order valence-electron chi connectivity index (χ3n) is 4.12. The number of amides is 1. The lowest BCUT2D eigenvalue weighted by atomic mass is 10.1. The number of nitrogens with one attached hydrogen (secondary N) is 2. The highest BCUT2D eigenvalue weighted by Gasteiger charge is 2.21. The van der Waals surface area contributed by atoms with Gasteiger partial charge in [-0.25, -0.2) is 13.2 Å². The minimum atomic E-state index is -4.00. The molecule has 8 heteroatoms. The summed E-state index contributed by atoms with van der Waals surface area (Å²) in [6, 6.07) is 7.15. The Balaban J connectivity index is 2.47. The van der Waals surface area contributed by atoms with Gasteiger partial charge < -0.3 is 10.4 Å². The van der Waals surface area contributed by atoms with Crippen LogP contribution in [0.3, 0.4) is 0 Å². The average molecular weight is 376 g/mol. The van der Waals surface area contributed by atoms with Crippen LogP contribution in [0.25, 0.3) is 0 Å². The second kappa shape index (κ2) is 7.17. The number of carboxylic acid groups (broad SMARTS) is 1. The minimum Gasteiger partial charge on any atom is -0.478 e. The van der Waals surface area contributed by atoms with Gasteiger partial charge in [0.15, 0.2) is 0 Å². The molecular formula is C18H20N2O5S. The summed E-state index contributed by atoms with van der Waals surface area (Å²) < 4.78 is 28.1. The number of aryl methyl sites for hydroxylation is 2. The van der Waals surface area contributed by atoms with E-state index < -0.39 is 16.0 Å². The van der Waals surface area contributed by atoms with E-state index in [-0.39, 0.29) is 16.4 Å². The molecule has 0 unspecified atom stereocenters. The molecule has 7 nitrogen and oxygen atoms in total. The van der Waals surface area contributed by atoms with Gasteiger partial charge in [-0.15, -0.1) is 0 Å². The van der Waals surface area contributed by atoms with E-state index in [1.165, 1.54) is 25.2 Å². The Hall–Kier alpha value is -2.87. The van der Waals surface area contributed by atoms with Crippen molar-refractivity contribution >= 4 is 27.6 Å². The van der Waals surface area contributed by atoms with E-state index in [2.05, 4.69) is 10.0 Å². The number of benzene rings is 2. The van der Waals surface area contributed by atoms with Gasteiger partial charge in [0, 0.05) is 12.6 Å². The molecule has 2 rings (SSSR count). The molecule has 0 aromatic heterocycles. The Bertz CT molecular complexity index is 997. The summed E-state index contributed by atoms with van der Waals surface area (Å²) in [6.45, 7) is 4.96. The Morgan fingerprint density at radius 3 is 2.12 bits per heavy atom. The van der Waals surface area contributed by atoms with Crippen molar-refractivity contribution in [3.05, 3.63) is 58.1 Å². The van der Waals surface area contributed by atoms with Crippen LogP contribution in [0.4, 0.5) is 5.69 Å². The lowest BCUT2D eigenvalue weighted by molar-refractivity contribution is 0.0696. The van der Waals surface area contributed by atoms with Gasteiger partial charge in [0.25, 0.3) is 15.9 Å². The van der Waals surface area contributed by atoms with Gasteiger partial charge in [-0.1, -0.05) is 0 Å². The zero-order valence-electron chi connectivity index (χ0n) is 14.9. The third-order valence-corrected chi connectivity index (χ3v) is 5.61. The smallest absolute Gasteiger partial charge is 0.335 e. The van der Waals surface area contributed by atoms with Crippen LogP contribution in [0.5, 0.6) is 0 Å². The molecule has 0 heterocycles. The summed E-state index contributed by atoms with van der Waals surface area (Å²) in [5, 5.41) is 11.7. The first-order valence-electron chi connectivity index (χ1n) is 7.77. The lowest BCUT2D eigenvalue weighted by Crippen LogP contribution is -2.19. The number of anilines is 1. The van der Waals surface area contributed by atoms with Gasteiger partial charge in [0.2, 0.25) is 0 Å².